The molecule has 4 aliphatic carbocycles. The maximum absolute atomic E-state index is 14.0. The molecule has 12 unspecified atom stereocenters. The normalized spacial score (nSPS) is 40.0. The summed E-state index contributed by atoms with van der Waals surface area (Å²) in [5, 5.41) is 0.250. The minimum Gasteiger partial charge on any atom is -0.414 e. The highest BCUT2D eigenvalue weighted by Crippen LogP contribution is 2.68. The molecule has 0 aliphatic heterocycles. The van der Waals surface area contributed by atoms with Crippen molar-refractivity contribution in [1.82, 2.24) is 0 Å². The predicted molar refractivity (Wildman–Crippen MR) is 175 cm³/mol. The number of hydrogen-bond acceptors (Lipinski definition) is 4. The van der Waals surface area contributed by atoms with Crippen LogP contribution < -0.4 is 0 Å². The quantitative estimate of drug-likeness (QED) is 0.141. The molecule has 4 rings (SSSR count). The lowest BCUT2D eigenvalue weighted by Crippen LogP contribution is -2.56. The number of hydrogen-bond donors (Lipinski definition) is 0. The number of fused-ring (bicyclic) bond motifs is 5. The molecule has 0 radical (unpaired) electrons. The number of aldehydes is 1. The lowest BCUT2D eigenvalue weighted by Gasteiger charge is -2.61. The second-order valence-corrected chi connectivity index (χ2v) is 22.3. The van der Waals surface area contributed by atoms with Crippen molar-refractivity contribution < 1.29 is 18.5 Å². The van der Waals surface area contributed by atoms with Gasteiger partial charge in [0.15, 0.2) is 8.32 Å². The maximum atomic E-state index is 14.0. The fourth-order valence-corrected chi connectivity index (χ4v) is 12.0. The number of rotatable bonds is 10. The maximum Gasteiger partial charge on any atom is 0.192 e. The fraction of sp³-hybridized carbons (Fsp3) is 0.943. The van der Waals surface area contributed by atoms with Crippen molar-refractivity contribution in [2.75, 3.05) is 0 Å². The van der Waals surface area contributed by atoms with Crippen LogP contribution in [0, 0.1) is 58.2 Å². The van der Waals surface area contributed by atoms with Gasteiger partial charge in [-0.15, -0.1) is 0 Å². The molecule has 0 aromatic carbocycles. The van der Waals surface area contributed by atoms with E-state index in [4.69, 9.17) is 8.95 Å². The third-order valence-electron chi connectivity index (χ3n) is 14.0. The second kappa shape index (κ2) is 12.4. The van der Waals surface area contributed by atoms with E-state index in [0.29, 0.717) is 65.7 Å². The van der Waals surface area contributed by atoms with Crippen LogP contribution in [0.15, 0.2) is 0 Å². The Morgan fingerprint density at radius 3 is 2.29 bits per heavy atom. The Morgan fingerprint density at radius 2 is 1.71 bits per heavy atom. The van der Waals surface area contributed by atoms with Crippen molar-refractivity contribution in [3.05, 3.63) is 0 Å². The molecular formula is C35H63O4PSi. The Morgan fingerprint density at radius 1 is 1.05 bits per heavy atom. The van der Waals surface area contributed by atoms with E-state index in [2.05, 4.69) is 78.0 Å². The number of carbonyl (C=O) groups is 2. The van der Waals surface area contributed by atoms with E-state index in [1.807, 2.05) is 0 Å². The van der Waals surface area contributed by atoms with Crippen LogP contribution in [0.5, 0.6) is 0 Å². The summed E-state index contributed by atoms with van der Waals surface area (Å²) in [6.45, 7) is 23.7. The number of Topliss-reactive ketones (excluding diaryl/α,β-unsaturated/α-hetero) is 1. The van der Waals surface area contributed by atoms with Crippen LogP contribution in [0.2, 0.25) is 18.1 Å². The molecule has 0 bridgehead atoms. The van der Waals surface area contributed by atoms with E-state index in [1.165, 1.54) is 38.5 Å². The lowest BCUT2D eigenvalue weighted by atomic mass is 9.44. The minimum atomic E-state index is -1.77. The molecule has 0 heterocycles. The number of carbonyl (C=O) groups excluding carboxylic acids is 2. The first-order chi connectivity index (χ1) is 19.0. The summed E-state index contributed by atoms with van der Waals surface area (Å²) in [6.07, 6.45) is 12.3. The highest BCUT2D eigenvalue weighted by Gasteiger charge is 2.64. The summed E-state index contributed by atoms with van der Waals surface area (Å²) in [5.41, 5.74) is 0.398. The molecule has 0 aromatic rings. The van der Waals surface area contributed by atoms with Gasteiger partial charge in [0, 0.05) is 34.3 Å². The van der Waals surface area contributed by atoms with Crippen molar-refractivity contribution in [2.45, 2.75) is 150 Å². The third-order valence-corrected chi connectivity index (χ3v) is 18.9. The van der Waals surface area contributed by atoms with E-state index in [1.54, 1.807) is 0 Å². The van der Waals surface area contributed by atoms with Gasteiger partial charge >= 0.3 is 0 Å². The smallest absolute Gasteiger partial charge is 0.192 e. The standard InChI is InChI=1S/C35H63O4PSi/c1-22(2)24(15-18-36)19-31(38-40)23(3)29-21-30(37)32-27-12-11-25-20-26(39-41(9,10)33(4,5)6)13-16-34(25,7)28(27)14-17-35(29,32)8/h18,22-29,31-32H,11-17,19-21,40H2,1-10H3. The van der Waals surface area contributed by atoms with Gasteiger partial charge in [0.05, 0.1) is 6.10 Å². The summed E-state index contributed by atoms with van der Waals surface area (Å²) in [7, 11) is 0.744. The Kier molecular flexibility index (Phi) is 10.2. The van der Waals surface area contributed by atoms with Crippen LogP contribution >= 0.6 is 9.47 Å². The average molecular weight is 607 g/mol. The van der Waals surface area contributed by atoms with Crippen LogP contribution in [-0.2, 0) is 18.5 Å². The lowest BCUT2D eigenvalue weighted by molar-refractivity contribution is -0.146. The van der Waals surface area contributed by atoms with Crippen LogP contribution in [0.3, 0.4) is 0 Å². The molecule has 4 aliphatic rings. The molecule has 0 spiro atoms. The first-order valence-electron chi connectivity index (χ1n) is 17.0. The van der Waals surface area contributed by atoms with Crippen LogP contribution in [0.25, 0.3) is 0 Å². The molecular weight excluding hydrogens is 543 g/mol. The molecule has 0 aromatic heterocycles. The van der Waals surface area contributed by atoms with E-state index in [9.17, 15) is 9.59 Å². The van der Waals surface area contributed by atoms with Gasteiger partial charge in [-0.2, -0.15) is 0 Å². The molecule has 6 heteroatoms. The van der Waals surface area contributed by atoms with Gasteiger partial charge in [0.1, 0.15) is 12.1 Å². The first kappa shape index (κ1) is 33.8. The Hall–Kier alpha value is -0.0931. The van der Waals surface area contributed by atoms with Gasteiger partial charge < -0.3 is 13.7 Å². The molecule has 12 atom stereocenters. The molecule has 0 amide bonds. The van der Waals surface area contributed by atoms with Crippen molar-refractivity contribution in [1.29, 1.82) is 0 Å². The zero-order chi connectivity index (χ0) is 30.5. The molecule has 41 heavy (non-hydrogen) atoms. The van der Waals surface area contributed by atoms with Gasteiger partial charge in [-0.25, -0.2) is 0 Å². The summed E-state index contributed by atoms with van der Waals surface area (Å²) in [5.74, 6) is 4.08. The Bertz CT molecular complexity index is 945. The molecule has 0 saturated heterocycles. The zero-order valence-corrected chi connectivity index (χ0v) is 30.3. The number of ketones is 1. The van der Waals surface area contributed by atoms with Crippen molar-refractivity contribution in [3.63, 3.8) is 0 Å². The highest BCUT2D eigenvalue weighted by molar-refractivity contribution is 7.09. The molecule has 4 saturated carbocycles. The summed E-state index contributed by atoms with van der Waals surface area (Å²) < 4.78 is 13.0. The topological polar surface area (TPSA) is 52.6 Å². The molecule has 4 nitrogen and oxygen atoms in total. The van der Waals surface area contributed by atoms with E-state index < -0.39 is 8.32 Å². The van der Waals surface area contributed by atoms with Crippen LogP contribution in [0.1, 0.15) is 120 Å². The minimum absolute atomic E-state index is 0.0582. The Labute approximate surface area is 256 Å². The molecule has 4 fully saturated rings. The van der Waals surface area contributed by atoms with Crippen LogP contribution in [-0.4, -0.2) is 32.6 Å². The van der Waals surface area contributed by atoms with Crippen molar-refractivity contribution in [3.8, 4) is 0 Å². The van der Waals surface area contributed by atoms with Crippen LogP contribution in [0.4, 0.5) is 0 Å². The summed E-state index contributed by atoms with van der Waals surface area (Å²) in [6, 6.07) is 0. The average Bonchev–Trinajstić information content (AvgIpc) is 3.15. The van der Waals surface area contributed by atoms with E-state index in [-0.39, 0.29) is 22.5 Å². The van der Waals surface area contributed by atoms with Crippen molar-refractivity contribution in [2.24, 2.45) is 58.2 Å². The van der Waals surface area contributed by atoms with Gasteiger partial charge in [0.2, 0.25) is 0 Å². The van der Waals surface area contributed by atoms with E-state index >= 15 is 0 Å². The zero-order valence-electron chi connectivity index (χ0n) is 28.1. The van der Waals surface area contributed by atoms with E-state index in [0.717, 1.165) is 25.0 Å². The van der Waals surface area contributed by atoms with Crippen molar-refractivity contribution >= 4 is 29.9 Å². The summed E-state index contributed by atoms with van der Waals surface area (Å²) in [4.78, 5) is 25.4. The molecule has 0 N–H and O–H groups in total. The fourth-order valence-electron chi connectivity index (χ4n) is 10.3. The Balaban J connectivity index is 1.49. The SMILES string of the molecule is CC(C)C(CC=O)CC(OP)C(C)C1CC(=O)C2C3CCC4CC(O[Si](C)(C)C(C)(C)C)CCC4(C)C3CCC12C. The largest absolute Gasteiger partial charge is 0.414 e. The third kappa shape index (κ3) is 6.23. The molecule has 236 valence electrons. The van der Waals surface area contributed by atoms with Gasteiger partial charge in [-0.05, 0) is 122 Å². The van der Waals surface area contributed by atoms with Gasteiger partial charge in [-0.1, -0.05) is 55.4 Å². The predicted octanol–water partition coefficient (Wildman–Crippen LogP) is 9.28. The van der Waals surface area contributed by atoms with Gasteiger partial charge in [0.25, 0.3) is 0 Å². The first-order valence-corrected chi connectivity index (χ1v) is 20.4. The van der Waals surface area contributed by atoms with Gasteiger partial charge in [-0.3, -0.25) is 4.79 Å². The highest BCUT2D eigenvalue weighted by atomic mass is 31.0. The monoisotopic (exact) mass is 606 g/mol. The summed E-state index contributed by atoms with van der Waals surface area (Å²) >= 11 is 0. The second-order valence-electron chi connectivity index (χ2n) is 17.3.